The lowest BCUT2D eigenvalue weighted by atomic mass is 10.3. The lowest BCUT2D eigenvalue weighted by Crippen LogP contribution is -1.94. The molecule has 0 spiro atoms. The van der Waals surface area contributed by atoms with Crippen molar-refractivity contribution in [2.75, 3.05) is 0 Å². The van der Waals surface area contributed by atoms with Gasteiger partial charge in [-0.3, -0.25) is 10.1 Å². The Labute approximate surface area is 70.0 Å². The van der Waals surface area contributed by atoms with Crippen molar-refractivity contribution in [3.05, 3.63) is 46.7 Å². The summed E-state index contributed by atoms with van der Waals surface area (Å²) in [5, 5.41) is 10.2. The topological polar surface area (TPSA) is 60.2 Å². The van der Waals surface area contributed by atoms with Gasteiger partial charge in [0, 0.05) is 18.6 Å². The third-order valence-electron chi connectivity index (χ3n) is 1.02. The van der Waals surface area contributed by atoms with Gasteiger partial charge in [-0.15, -0.1) is 0 Å². The van der Waals surface area contributed by atoms with Crippen molar-refractivity contribution in [3.8, 4) is 0 Å². The normalized spacial score (nSPS) is 11.5. The van der Waals surface area contributed by atoms with Crippen LogP contribution < -0.4 is 0 Å². The molecule has 4 nitrogen and oxygen atoms in total. The minimum atomic E-state index is -0.539. The molecule has 0 radical (unpaired) electrons. The molecule has 0 unspecified atom stereocenters. The molecule has 0 aliphatic rings. The van der Waals surface area contributed by atoms with E-state index in [0.717, 1.165) is 0 Å². The summed E-state index contributed by atoms with van der Waals surface area (Å²) in [4.78, 5) is 19.5. The molecule has 64 valence electrons. The molecule has 0 aromatic heterocycles. The zero-order valence-electron chi connectivity index (χ0n) is 6.47. The smallest absolute Gasteiger partial charge is 0.269 e. The van der Waals surface area contributed by atoms with Crippen LogP contribution in [-0.4, -0.2) is 11.2 Å². The molecule has 0 N–H and O–H groups in total. The van der Waals surface area contributed by atoms with Crippen LogP contribution in [0.4, 0.5) is 0 Å². The van der Waals surface area contributed by atoms with Gasteiger partial charge in [-0.1, -0.05) is 18.7 Å². The minimum Gasteiger partial charge on any atom is -0.303 e. The molecule has 0 saturated heterocycles. The molecule has 0 aliphatic carbocycles. The first-order chi connectivity index (χ1) is 5.72. The average molecular weight is 167 g/mol. The summed E-state index contributed by atoms with van der Waals surface area (Å²) in [5.74, 6) is 0. The Balaban J connectivity index is 4.33. The molecule has 0 rings (SSSR count). The molecule has 0 fully saturated rings. The number of rotatable bonds is 5. The van der Waals surface area contributed by atoms with Gasteiger partial charge in [-0.25, -0.2) is 0 Å². The average Bonchev–Trinajstić information content (AvgIpc) is 2.03. The number of nitrogens with zero attached hydrogens (tertiary/aromatic N) is 1. The van der Waals surface area contributed by atoms with Gasteiger partial charge in [0.25, 0.3) is 5.70 Å². The van der Waals surface area contributed by atoms with Crippen molar-refractivity contribution < 1.29 is 9.72 Å². The molecule has 0 heterocycles. The first-order valence-electron chi connectivity index (χ1n) is 3.29. The van der Waals surface area contributed by atoms with E-state index < -0.39 is 4.92 Å². The zero-order chi connectivity index (χ0) is 9.40. The molecule has 0 amide bonds. The first kappa shape index (κ1) is 10.3. The lowest BCUT2D eigenvalue weighted by molar-refractivity contribution is -0.419. The van der Waals surface area contributed by atoms with E-state index in [2.05, 4.69) is 6.58 Å². The van der Waals surface area contributed by atoms with E-state index in [1.54, 1.807) is 0 Å². The van der Waals surface area contributed by atoms with Crippen molar-refractivity contribution in [1.29, 1.82) is 0 Å². The van der Waals surface area contributed by atoms with Gasteiger partial charge in [0.1, 0.15) is 6.29 Å². The third-order valence-corrected chi connectivity index (χ3v) is 1.02. The van der Waals surface area contributed by atoms with Gasteiger partial charge in [-0.05, 0) is 0 Å². The number of nitro groups is 1. The van der Waals surface area contributed by atoms with Crippen molar-refractivity contribution in [2.24, 2.45) is 0 Å². The summed E-state index contributed by atoms with van der Waals surface area (Å²) in [6, 6.07) is 0. The Kier molecular flexibility index (Phi) is 5.17. The van der Waals surface area contributed by atoms with Gasteiger partial charge >= 0.3 is 0 Å². The van der Waals surface area contributed by atoms with E-state index in [9.17, 15) is 14.9 Å². The predicted octanol–water partition coefficient (Wildman–Crippen LogP) is 1.48. The van der Waals surface area contributed by atoms with Gasteiger partial charge < -0.3 is 4.79 Å². The molecule has 4 heteroatoms. The molecule has 0 saturated carbocycles. The lowest BCUT2D eigenvalue weighted by Gasteiger charge is -1.86. The Bertz CT molecular complexity index is 241. The van der Waals surface area contributed by atoms with Crippen molar-refractivity contribution >= 4 is 6.29 Å². The number of hydrogen-bond donors (Lipinski definition) is 0. The van der Waals surface area contributed by atoms with E-state index in [0.29, 0.717) is 6.29 Å². The highest BCUT2D eigenvalue weighted by Crippen LogP contribution is 1.98. The second-order valence-electron chi connectivity index (χ2n) is 1.89. The molecule has 12 heavy (non-hydrogen) atoms. The van der Waals surface area contributed by atoms with E-state index in [1.807, 2.05) is 0 Å². The molecule has 0 aromatic rings. The summed E-state index contributed by atoms with van der Waals surface area (Å²) < 4.78 is 0. The molecule has 0 atom stereocenters. The van der Waals surface area contributed by atoms with Gasteiger partial charge in [-0.2, -0.15) is 0 Å². The van der Waals surface area contributed by atoms with E-state index >= 15 is 0 Å². The highest BCUT2D eigenvalue weighted by atomic mass is 16.6. The Morgan fingerprint density at radius 3 is 2.67 bits per heavy atom. The highest BCUT2D eigenvalue weighted by Gasteiger charge is 2.01. The van der Waals surface area contributed by atoms with Crippen LogP contribution in [-0.2, 0) is 4.79 Å². The van der Waals surface area contributed by atoms with E-state index in [4.69, 9.17) is 0 Å². The molecule has 0 aromatic carbocycles. The van der Waals surface area contributed by atoms with E-state index in [-0.39, 0.29) is 12.1 Å². The van der Waals surface area contributed by atoms with Gasteiger partial charge in [0.05, 0.1) is 4.92 Å². The van der Waals surface area contributed by atoms with Crippen LogP contribution in [0.2, 0.25) is 0 Å². The summed E-state index contributed by atoms with van der Waals surface area (Å²) >= 11 is 0. The summed E-state index contributed by atoms with van der Waals surface area (Å²) in [5.41, 5.74) is -0.0770. The summed E-state index contributed by atoms with van der Waals surface area (Å²) in [6.45, 7) is 3.33. The fourth-order valence-electron chi connectivity index (χ4n) is 0.542. The molecule has 0 bridgehead atoms. The molecular formula is C8H9NO3. The standard InChI is InChI=1S/C8H9NO3/c1-2-5-8(9(11)12)6-3-4-7-10/h2-3,5-7H,1,4H2/b6-3-,8-5+. The largest absolute Gasteiger partial charge is 0.303 e. The maximum Gasteiger partial charge on any atom is 0.269 e. The number of carbonyl (C=O) groups is 1. The SMILES string of the molecule is C=C/C=C(\C=C/CC=O)[N+](=O)[O-]. The first-order valence-corrected chi connectivity index (χ1v) is 3.29. The third kappa shape index (κ3) is 4.16. The van der Waals surface area contributed by atoms with Crippen molar-refractivity contribution in [3.63, 3.8) is 0 Å². The quantitative estimate of drug-likeness (QED) is 0.269. The van der Waals surface area contributed by atoms with Crippen LogP contribution in [0.25, 0.3) is 0 Å². The predicted molar refractivity (Wildman–Crippen MR) is 45.1 cm³/mol. The summed E-state index contributed by atoms with van der Waals surface area (Å²) in [6.07, 6.45) is 6.14. The number of allylic oxidation sites excluding steroid dienone is 4. The molecule has 0 aliphatic heterocycles. The highest BCUT2D eigenvalue weighted by molar-refractivity contribution is 5.52. The Morgan fingerprint density at radius 2 is 2.25 bits per heavy atom. The number of hydrogen-bond acceptors (Lipinski definition) is 3. The van der Waals surface area contributed by atoms with Crippen molar-refractivity contribution in [1.82, 2.24) is 0 Å². The summed E-state index contributed by atoms with van der Waals surface area (Å²) in [7, 11) is 0. The van der Waals surface area contributed by atoms with Crippen molar-refractivity contribution in [2.45, 2.75) is 6.42 Å². The maximum absolute atomic E-state index is 10.2. The zero-order valence-corrected chi connectivity index (χ0v) is 6.47. The molecular weight excluding hydrogens is 158 g/mol. The Morgan fingerprint density at radius 1 is 1.58 bits per heavy atom. The second-order valence-corrected chi connectivity index (χ2v) is 1.89. The number of carbonyl (C=O) groups excluding carboxylic acids is 1. The van der Waals surface area contributed by atoms with Crippen LogP contribution in [0, 0.1) is 10.1 Å². The second kappa shape index (κ2) is 6.03. The van der Waals surface area contributed by atoms with E-state index in [1.165, 1.54) is 24.3 Å². The fraction of sp³-hybridized carbons (Fsp3) is 0.125. The Hall–Kier alpha value is -1.71. The fourth-order valence-corrected chi connectivity index (χ4v) is 0.542. The van der Waals surface area contributed by atoms with Crippen LogP contribution in [0.1, 0.15) is 6.42 Å². The minimum absolute atomic E-state index is 0.0770. The number of aldehydes is 1. The van der Waals surface area contributed by atoms with Gasteiger partial charge in [0.15, 0.2) is 0 Å². The van der Waals surface area contributed by atoms with Crippen LogP contribution in [0.3, 0.4) is 0 Å². The maximum atomic E-state index is 10.2. The monoisotopic (exact) mass is 167 g/mol. The van der Waals surface area contributed by atoms with Crippen LogP contribution in [0.5, 0.6) is 0 Å². The van der Waals surface area contributed by atoms with Crippen LogP contribution >= 0.6 is 0 Å². The van der Waals surface area contributed by atoms with Gasteiger partial charge in [0.2, 0.25) is 0 Å². The van der Waals surface area contributed by atoms with Crippen LogP contribution in [0.15, 0.2) is 36.6 Å².